The fourth-order valence-electron chi connectivity index (χ4n) is 1.50. The van der Waals surface area contributed by atoms with Gasteiger partial charge in [0.1, 0.15) is 0 Å². The zero-order valence-corrected chi connectivity index (χ0v) is 13.5. The van der Waals surface area contributed by atoms with Crippen molar-refractivity contribution in [1.29, 1.82) is 0 Å². The van der Waals surface area contributed by atoms with Crippen LogP contribution in [0.2, 0.25) is 0 Å². The minimum Gasteiger partial charge on any atom is -0.397 e. The summed E-state index contributed by atoms with van der Waals surface area (Å²) in [5, 5.41) is 2.99. The lowest BCUT2D eigenvalue weighted by Gasteiger charge is -2.14. The second-order valence-corrected chi connectivity index (χ2v) is 8.01. The van der Waals surface area contributed by atoms with Crippen molar-refractivity contribution < 1.29 is 12.6 Å². The predicted octanol–water partition coefficient (Wildman–Crippen LogP) is 0.746. The number of nitrogens with two attached hydrogens (primary N) is 1. The van der Waals surface area contributed by atoms with E-state index in [2.05, 4.69) is 10.0 Å². The van der Waals surface area contributed by atoms with Gasteiger partial charge in [-0.1, -0.05) is 6.92 Å². The highest BCUT2D eigenvalue weighted by molar-refractivity contribution is 7.89. The van der Waals surface area contributed by atoms with E-state index in [0.29, 0.717) is 24.5 Å². The van der Waals surface area contributed by atoms with Gasteiger partial charge in [0.15, 0.2) is 0 Å². The summed E-state index contributed by atoms with van der Waals surface area (Å²) in [7, 11) is -4.46. The summed E-state index contributed by atoms with van der Waals surface area (Å²) in [6, 6.07) is 4.48. The number of rotatable bonds is 7. The van der Waals surface area contributed by atoms with Crippen LogP contribution in [-0.4, -0.2) is 37.2 Å². The van der Waals surface area contributed by atoms with Gasteiger partial charge in [0.05, 0.1) is 16.3 Å². The molecule has 2 unspecified atom stereocenters. The molecule has 114 valence electrons. The number of nitrogen functional groups attached to an aromatic ring is 1. The van der Waals surface area contributed by atoms with Crippen LogP contribution >= 0.6 is 0 Å². The maximum atomic E-state index is 11.9. The fourth-order valence-corrected chi connectivity index (χ4v) is 2.88. The maximum absolute atomic E-state index is 11.9. The third-order valence-electron chi connectivity index (χ3n) is 2.82. The maximum Gasteiger partial charge on any atom is 0.240 e. The van der Waals surface area contributed by atoms with Gasteiger partial charge in [-0.15, -0.1) is 0 Å². The molecule has 4 N–H and O–H groups in total. The SMILES string of the molecule is CCNS(=O)(=O)c1ccc(N)c(NCC(C)S(C)=O)c1. The van der Waals surface area contributed by atoms with Crippen molar-refractivity contribution in [1.82, 2.24) is 4.72 Å². The molecule has 0 aromatic heterocycles. The summed E-state index contributed by atoms with van der Waals surface area (Å²) < 4.78 is 37.5. The smallest absolute Gasteiger partial charge is 0.240 e. The average Bonchev–Trinajstić information content (AvgIpc) is 2.36. The molecule has 6 nitrogen and oxygen atoms in total. The molecule has 1 aromatic carbocycles. The molecule has 0 aliphatic rings. The van der Waals surface area contributed by atoms with Crippen LogP contribution in [0.15, 0.2) is 23.1 Å². The van der Waals surface area contributed by atoms with Gasteiger partial charge in [0, 0.05) is 35.4 Å². The summed E-state index contributed by atoms with van der Waals surface area (Å²) in [4.78, 5) is 0.154. The van der Waals surface area contributed by atoms with Crippen molar-refractivity contribution >= 4 is 32.2 Å². The number of hydrogen-bond donors (Lipinski definition) is 3. The zero-order valence-electron chi connectivity index (χ0n) is 11.8. The molecular formula is C12H21N3O3S2. The van der Waals surface area contributed by atoms with Crippen molar-refractivity contribution in [3.63, 3.8) is 0 Å². The molecule has 0 heterocycles. The Morgan fingerprint density at radius 1 is 1.40 bits per heavy atom. The summed E-state index contributed by atoms with van der Waals surface area (Å²) in [6.45, 7) is 4.34. The van der Waals surface area contributed by atoms with Crippen LogP contribution in [-0.2, 0) is 20.8 Å². The van der Waals surface area contributed by atoms with Gasteiger partial charge < -0.3 is 11.1 Å². The van der Waals surface area contributed by atoms with Gasteiger partial charge in [0.2, 0.25) is 10.0 Å². The Hall–Kier alpha value is -1.12. The minimum atomic E-state index is -3.51. The Bertz CT molecular complexity index is 588. The quantitative estimate of drug-likeness (QED) is 0.644. The van der Waals surface area contributed by atoms with Crippen LogP contribution in [0.1, 0.15) is 13.8 Å². The molecular weight excluding hydrogens is 298 g/mol. The highest BCUT2D eigenvalue weighted by atomic mass is 32.2. The van der Waals surface area contributed by atoms with E-state index < -0.39 is 20.8 Å². The van der Waals surface area contributed by atoms with Gasteiger partial charge in [-0.25, -0.2) is 13.1 Å². The molecule has 0 saturated carbocycles. The Morgan fingerprint density at radius 2 is 2.05 bits per heavy atom. The molecule has 0 bridgehead atoms. The van der Waals surface area contributed by atoms with Crippen LogP contribution in [0.3, 0.4) is 0 Å². The first-order valence-corrected chi connectivity index (χ1v) is 9.33. The Morgan fingerprint density at radius 3 is 2.60 bits per heavy atom. The second-order valence-electron chi connectivity index (χ2n) is 4.44. The van der Waals surface area contributed by atoms with E-state index in [1.54, 1.807) is 19.2 Å². The first-order chi connectivity index (χ1) is 9.27. The van der Waals surface area contributed by atoms with Gasteiger partial charge in [-0.05, 0) is 25.1 Å². The molecule has 0 spiro atoms. The minimum absolute atomic E-state index is 0.0524. The lowest BCUT2D eigenvalue weighted by Crippen LogP contribution is -2.24. The van der Waals surface area contributed by atoms with E-state index in [4.69, 9.17) is 5.73 Å². The molecule has 8 heteroatoms. The monoisotopic (exact) mass is 319 g/mol. The molecule has 0 radical (unpaired) electrons. The molecule has 2 atom stereocenters. The number of benzene rings is 1. The second kappa shape index (κ2) is 7.05. The van der Waals surface area contributed by atoms with E-state index in [9.17, 15) is 12.6 Å². The predicted molar refractivity (Wildman–Crippen MR) is 83.7 cm³/mol. The molecule has 1 aromatic rings. The first kappa shape index (κ1) is 16.9. The van der Waals surface area contributed by atoms with Gasteiger partial charge >= 0.3 is 0 Å². The van der Waals surface area contributed by atoms with E-state index in [-0.39, 0.29) is 10.1 Å². The topological polar surface area (TPSA) is 101 Å². The molecule has 20 heavy (non-hydrogen) atoms. The van der Waals surface area contributed by atoms with Crippen LogP contribution in [0.25, 0.3) is 0 Å². The summed E-state index contributed by atoms with van der Waals surface area (Å²) in [5.41, 5.74) is 6.80. The Balaban J connectivity index is 2.95. The third kappa shape index (κ3) is 4.46. The van der Waals surface area contributed by atoms with Crippen molar-refractivity contribution in [2.24, 2.45) is 0 Å². The fraction of sp³-hybridized carbons (Fsp3) is 0.500. The summed E-state index contributed by atoms with van der Waals surface area (Å²) in [5.74, 6) is 0. The molecule has 0 aliphatic carbocycles. The lowest BCUT2D eigenvalue weighted by molar-refractivity contribution is 0.584. The number of sulfonamides is 1. The Labute approximate surface area is 122 Å². The van der Waals surface area contributed by atoms with Crippen molar-refractivity contribution in [3.05, 3.63) is 18.2 Å². The average molecular weight is 319 g/mol. The summed E-state index contributed by atoms with van der Waals surface area (Å²) >= 11 is 0. The largest absolute Gasteiger partial charge is 0.397 e. The highest BCUT2D eigenvalue weighted by Crippen LogP contribution is 2.22. The lowest BCUT2D eigenvalue weighted by atomic mass is 10.2. The van der Waals surface area contributed by atoms with Gasteiger partial charge in [0.25, 0.3) is 0 Å². The zero-order chi connectivity index (χ0) is 15.3. The third-order valence-corrected chi connectivity index (χ3v) is 5.66. The Kier molecular flexibility index (Phi) is 5.97. The standard InChI is InChI=1S/C12H21N3O3S2/c1-4-15-20(17,18)10-5-6-11(13)12(7-10)14-8-9(2)19(3)16/h5-7,9,14-15H,4,8,13H2,1-3H3. The highest BCUT2D eigenvalue weighted by Gasteiger charge is 2.15. The number of anilines is 2. The van der Waals surface area contributed by atoms with Crippen molar-refractivity contribution in [3.8, 4) is 0 Å². The van der Waals surface area contributed by atoms with E-state index in [1.807, 2.05) is 6.92 Å². The first-order valence-electron chi connectivity index (χ1n) is 6.23. The number of nitrogens with one attached hydrogen (secondary N) is 2. The molecule has 1 rings (SSSR count). The molecule has 0 saturated heterocycles. The van der Waals surface area contributed by atoms with E-state index in [0.717, 1.165) is 0 Å². The van der Waals surface area contributed by atoms with E-state index >= 15 is 0 Å². The van der Waals surface area contributed by atoms with Crippen molar-refractivity contribution in [2.45, 2.75) is 24.0 Å². The van der Waals surface area contributed by atoms with Crippen LogP contribution in [0.5, 0.6) is 0 Å². The molecule has 0 amide bonds. The number of hydrogen-bond acceptors (Lipinski definition) is 5. The molecule has 0 fully saturated rings. The van der Waals surface area contributed by atoms with E-state index in [1.165, 1.54) is 12.1 Å². The summed E-state index contributed by atoms with van der Waals surface area (Å²) in [6.07, 6.45) is 1.63. The van der Waals surface area contributed by atoms with Crippen LogP contribution in [0, 0.1) is 0 Å². The van der Waals surface area contributed by atoms with Crippen molar-refractivity contribution in [2.75, 3.05) is 30.4 Å². The molecule has 0 aliphatic heterocycles. The van der Waals surface area contributed by atoms with Crippen LogP contribution < -0.4 is 15.8 Å². The normalized spacial score (nSPS) is 14.8. The van der Waals surface area contributed by atoms with Gasteiger partial charge in [-0.2, -0.15) is 0 Å². The van der Waals surface area contributed by atoms with Crippen LogP contribution in [0.4, 0.5) is 11.4 Å². The van der Waals surface area contributed by atoms with Gasteiger partial charge in [-0.3, -0.25) is 4.21 Å².